The number of carbonyl (C=O) groups excluding carboxylic acids is 6. The van der Waals surface area contributed by atoms with Crippen molar-refractivity contribution in [3.05, 3.63) is 29.8 Å². The Morgan fingerprint density at radius 2 is 1.84 bits per heavy atom. The van der Waals surface area contributed by atoms with E-state index in [-0.39, 0.29) is 69.4 Å². The number of phenolic OH excluding ortho intramolecular Hbond substituents is 1. The molecule has 3 rings (SSSR count). The molecular weight excluding hydrogens is 658 g/mol. The normalized spacial score (nSPS) is 18.5. The molecule has 0 saturated carbocycles. The number of unbranched alkanes of at least 4 members (excludes halogenated alkanes) is 2. The monoisotopic (exact) mass is 705 g/mol. The van der Waals surface area contributed by atoms with Crippen LogP contribution in [0.4, 0.5) is 0 Å². The van der Waals surface area contributed by atoms with Crippen LogP contribution in [0.3, 0.4) is 0 Å². The molecule has 0 aromatic heterocycles. The molecule has 17 nitrogen and oxygen atoms in total. The van der Waals surface area contributed by atoms with Gasteiger partial charge in [-0.05, 0) is 64.0 Å². The summed E-state index contributed by atoms with van der Waals surface area (Å²) in [6, 6.07) is 3.07. The van der Waals surface area contributed by atoms with E-state index in [1.165, 1.54) is 20.1 Å². The third-order valence-electron chi connectivity index (χ3n) is 8.13. The highest BCUT2D eigenvalue weighted by molar-refractivity contribution is 6.00. The summed E-state index contributed by atoms with van der Waals surface area (Å²) in [7, 11) is 1.30. The lowest BCUT2D eigenvalue weighted by Gasteiger charge is -2.23. The third-order valence-corrected chi connectivity index (χ3v) is 8.13. The smallest absolute Gasteiger partial charge is 0.328 e. The number of phenols is 1. The number of para-hydroxylation sites is 1. The van der Waals surface area contributed by atoms with Crippen LogP contribution in [-0.2, 0) is 43.0 Å². The first-order valence-electron chi connectivity index (χ1n) is 16.7. The Morgan fingerprint density at radius 3 is 2.58 bits per heavy atom. The number of nitrogens with zero attached hydrogens (tertiary/aromatic N) is 3. The number of hydrogen-bond donors (Lipinski definition) is 5. The number of nitrogens with one attached hydrogen (secondary N) is 2. The minimum absolute atomic E-state index is 0.0429. The summed E-state index contributed by atoms with van der Waals surface area (Å²) in [5.41, 5.74) is 0.291. The Balaban J connectivity index is 1.58. The van der Waals surface area contributed by atoms with Gasteiger partial charge >= 0.3 is 11.9 Å². The zero-order valence-corrected chi connectivity index (χ0v) is 28.4. The van der Waals surface area contributed by atoms with Crippen molar-refractivity contribution in [1.29, 1.82) is 0 Å². The fourth-order valence-electron chi connectivity index (χ4n) is 5.34. The van der Waals surface area contributed by atoms with Gasteiger partial charge in [-0.15, -0.1) is 0 Å². The molecule has 1 saturated heterocycles. The van der Waals surface area contributed by atoms with Gasteiger partial charge in [0.05, 0.1) is 19.1 Å². The summed E-state index contributed by atoms with van der Waals surface area (Å²) in [5, 5.41) is 36.5. The van der Waals surface area contributed by atoms with Crippen LogP contribution in [-0.4, -0.2) is 118 Å². The number of aromatic hydroxyl groups is 1. The molecule has 2 aliphatic rings. The van der Waals surface area contributed by atoms with Crippen LogP contribution in [0.1, 0.15) is 83.1 Å². The summed E-state index contributed by atoms with van der Waals surface area (Å²) in [6.07, 6.45) is 2.16. The van der Waals surface area contributed by atoms with Crippen LogP contribution in [0, 0.1) is 0 Å². The number of hydrogen-bond acceptors (Lipinski definition) is 13. The molecule has 50 heavy (non-hydrogen) atoms. The number of amides is 4. The Bertz CT molecular complexity index is 1390. The van der Waals surface area contributed by atoms with Crippen molar-refractivity contribution in [1.82, 2.24) is 20.8 Å². The highest BCUT2D eigenvalue weighted by atomic mass is 16.5. The molecule has 4 atom stereocenters. The van der Waals surface area contributed by atoms with Crippen molar-refractivity contribution in [3.8, 4) is 5.75 Å². The molecule has 0 bridgehead atoms. The molecule has 1 aromatic carbocycles. The number of carbonyl (C=O) groups is 6. The average molecular weight is 706 g/mol. The molecule has 1 fully saturated rings. The SMILES string of the molecule is COC(=O)CCCCCC(=O)N(O)CCC[C@H](NC(=O)[C@@H]1COC(c2ccccc2O)=N1)C(=O)O[C@H](C)CC(=O)NC1CCCCN(O)C1=O. The summed E-state index contributed by atoms with van der Waals surface area (Å²) >= 11 is 0. The van der Waals surface area contributed by atoms with Gasteiger partial charge in [0.2, 0.25) is 23.6 Å². The largest absolute Gasteiger partial charge is 0.507 e. The maximum atomic E-state index is 13.3. The van der Waals surface area contributed by atoms with Gasteiger partial charge in [-0.3, -0.25) is 34.4 Å². The average Bonchev–Trinajstić information content (AvgIpc) is 3.52. The van der Waals surface area contributed by atoms with Gasteiger partial charge in [0.25, 0.3) is 5.91 Å². The molecule has 17 heteroatoms. The van der Waals surface area contributed by atoms with Crippen molar-refractivity contribution in [2.24, 2.45) is 4.99 Å². The molecule has 0 radical (unpaired) electrons. The van der Waals surface area contributed by atoms with Gasteiger partial charge in [0, 0.05) is 25.9 Å². The molecule has 0 aliphatic carbocycles. The Labute approximate surface area is 289 Å². The van der Waals surface area contributed by atoms with E-state index in [2.05, 4.69) is 20.4 Å². The van der Waals surface area contributed by atoms with Gasteiger partial charge in [0.1, 0.15) is 30.5 Å². The van der Waals surface area contributed by atoms with E-state index in [1.54, 1.807) is 18.2 Å². The summed E-state index contributed by atoms with van der Waals surface area (Å²) in [5.74, 6) is -3.67. The molecular formula is C33H47N5O12. The van der Waals surface area contributed by atoms with Crippen LogP contribution in [0.5, 0.6) is 5.75 Å². The van der Waals surface area contributed by atoms with E-state index >= 15 is 0 Å². The van der Waals surface area contributed by atoms with Gasteiger partial charge in [-0.25, -0.2) is 19.9 Å². The molecule has 2 heterocycles. The molecule has 4 amide bonds. The molecule has 5 N–H and O–H groups in total. The topological polar surface area (TPSA) is 234 Å². The minimum Gasteiger partial charge on any atom is -0.507 e. The number of rotatable bonds is 18. The molecule has 276 valence electrons. The second kappa shape index (κ2) is 20.0. The second-order valence-corrected chi connectivity index (χ2v) is 12.2. The lowest BCUT2D eigenvalue weighted by atomic mass is 10.1. The zero-order valence-electron chi connectivity index (χ0n) is 28.4. The van der Waals surface area contributed by atoms with Crippen molar-refractivity contribution >= 4 is 41.5 Å². The van der Waals surface area contributed by atoms with Gasteiger partial charge in [-0.1, -0.05) is 18.6 Å². The van der Waals surface area contributed by atoms with E-state index in [9.17, 15) is 44.3 Å². The maximum absolute atomic E-state index is 13.3. The first kappa shape index (κ1) is 39.7. The number of ether oxygens (including phenoxy) is 3. The summed E-state index contributed by atoms with van der Waals surface area (Å²) < 4.78 is 15.6. The molecule has 0 spiro atoms. The van der Waals surface area contributed by atoms with E-state index < -0.39 is 53.8 Å². The number of methoxy groups -OCH3 is 1. The predicted molar refractivity (Wildman–Crippen MR) is 174 cm³/mol. The van der Waals surface area contributed by atoms with Crippen LogP contribution < -0.4 is 10.6 Å². The number of aliphatic imine (C=N–C) groups is 1. The van der Waals surface area contributed by atoms with E-state index in [0.717, 1.165) is 0 Å². The number of benzene rings is 1. The zero-order chi connectivity index (χ0) is 36.6. The third kappa shape index (κ3) is 12.6. The second-order valence-electron chi connectivity index (χ2n) is 12.2. The van der Waals surface area contributed by atoms with Gasteiger partial charge < -0.3 is 30.0 Å². The predicted octanol–water partition coefficient (Wildman–Crippen LogP) is 1.35. The van der Waals surface area contributed by atoms with Gasteiger partial charge in [-0.2, -0.15) is 0 Å². The van der Waals surface area contributed by atoms with Crippen molar-refractivity contribution < 1.29 is 58.5 Å². The number of hydroxylamine groups is 4. The first-order chi connectivity index (χ1) is 23.9. The van der Waals surface area contributed by atoms with Crippen molar-refractivity contribution in [3.63, 3.8) is 0 Å². The Kier molecular flexibility index (Phi) is 15.9. The van der Waals surface area contributed by atoms with Gasteiger partial charge in [0.15, 0.2) is 6.04 Å². The van der Waals surface area contributed by atoms with E-state index in [0.29, 0.717) is 54.2 Å². The van der Waals surface area contributed by atoms with Crippen molar-refractivity contribution in [2.45, 2.75) is 102 Å². The Morgan fingerprint density at radius 1 is 1.10 bits per heavy atom. The van der Waals surface area contributed by atoms with E-state index in [4.69, 9.17) is 9.47 Å². The van der Waals surface area contributed by atoms with E-state index in [1.807, 2.05) is 0 Å². The molecule has 1 aromatic rings. The lowest BCUT2D eigenvalue weighted by Crippen LogP contribution is -2.48. The fourth-order valence-corrected chi connectivity index (χ4v) is 5.34. The lowest BCUT2D eigenvalue weighted by molar-refractivity contribution is -0.167. The summed E-state index contributed by atoms with van der Waals surface area (Å²) in [4.78, 5) is 79.3. The number of esters is 2. The fraction of sp³-hybridized carbons (Fsp3) is 0.606. The quantitative estimate of drug-likeness (QED) is 0.0630. The highest BCUT2D eigenvalue weighted by Crippen LogP contribution is 2.21. The standard InChI is InChI=1S/C33H47N5O12/c1-21(19-27(40)34-23-12-8-9-17-38(47)32(23)44)50-33(45)24(13-10-18-37(46)28(41)15-4-3-5-16-29(42)48-2)35-30(43)25-20-49-31(36-25)22-11-6-7-14-26(22)39/h6-7,11,14,21,23-25,39,46-47H,3-5,8-10,12-13,15-20H2,1-2H3,(H,34,40)(H,35,43)/t21-,23?,24+,25+/m1/s1. The molecule has 2 aliphatic heterocycles. The Hall–Kier alpha value is -4.77. The highest BCUT2D eigenvalue weighted by Gasteiger charge is 2.33. The van der Waals surface area contributed by atoms with Crippen LogP contribution in [0.15, 0.2) is 29.3 Å². The van der Waals surface area contributed by atoms with Crippen molar-refractivity contribution in [2.75, 3.05) is 26.8 Å². The summed E-state index contributed by atoms with van der Waals surface area (Å²) in [6.45, 7) is 1.33. The minimum atomic E-state index is -1.26. The first-order valence-corrected chi connectivity index (χ1v) is 16.7. The van der Waals surface area contributed by atoms with Crippen LogP contribution in [0.2, 0.25) is 0 Å². The maximum Gasteiger partial charge on any atom is 0.328 e. The molecule has 1 unspecified atom stereocenters. The van der Waals surface area contributed by atoms with Crippen LogP contribution >= 0.6 is 0 Å². The van der Waals surface area contributed by atoms with Crippen LogP contribution in [0.25, 0.3) is 0 Å².